The average Bonchev–Trinajstić information content (AvgIpc) is 2.71. The zero-order chi connectivity index (χ0) is 14.8. The lowest BCUT2D eigenvalue weighted by Crippen LogP contribution is -2.32. The van der Waals surface area contributed by atoms with Crippen LogP contribution in [-0.2, 0) is 6.54 Å². The molecule has 0 unspecified atom stereocenters. The number of carbonyl (C=O) groups is 1. The van der Waals surface area contributed by atoms with Crippen LogP contribution in [0, 0.1) is 6.92 Å². The Bertz CT molecular complexity index is 684. The summed E-state index contributed by atoms with van der Waals surface area (Å²) in [6.07, 6.45) is 0. The minimum absolute atomic E-state index is 0.0332. The van der Waals surface area contributed by atoms with Gasteiger partial charge >= 0.3 is 0 Å². The van der Waals surface area contributed by atoms with E-state index < -0.39 is 0 Å². The summed E-state index contributed by atoms with van der Waals surface area (Å²) in [6, 6.07) is 13.7. The number of hydrogen-bond donors (Lipinski definition) is 0. The summed E-state index contributed by atoms with van der Waals surface area (Å²) >= 11 is 3.47. The number of carbonyl (C=O) groups excluding carboxylic acids is 1. The molecule has 108 valence electrons. The molecular weight excluding hydrogens is 330 g/mol. The van der Waals surface area contributed by atoms with E-state index in [0.29, 0.717) is 25.3 Å². The van der Waals surface area contributed by atoms with E-state index in [0.717, 1.165) is 21.3 Å². The average molecular weight is 346 g/mol. The third-order valence-corrected chi connectivity index (χ3v) is 4.28. The number of nitrogens with zero attached hydrogens (tertiary/aromatic N) is 1. The second kappa shape index (κ2) is 5.90. The second-order valence-corrected chi connectivity index (χ2v) is 6.02. The topological polar surface area (TPSA) is 29.5 Å². The van der Waals surface area contributed by atoms with Crippen molar-refractivity contribution in [2.75, 3.05) is 13.2 Å². The molecule has 2 aromatic carbocycles. The van der Waals surface area contributed by atoms with Gasteiger partial charge in [-0.05, 0) is 41.1 Å². The van der Waals surface area contributed by atoms with E-state index in [4.69, 9.17) is 4.74 Å². The number of ether oxygens (including phenoxy) is 1. The lowest BCUT2D eigenvalue weighted by Gasteiger charge is -2.20. The molecule has 2 aromatic rings. The van der Waals surface area contributed by atoms with Crippen molar-refractivity contribution in [2.45, 2.75) is 13.5 Å². The number of hydrogen-bond acceptors (Lipinski definition) is 2. The maximum absolute atomic E-state index is 12.8. The van der Waals surface area contributed by atoms with Gasteiger partial charge in [-0.2, -0.15) is 0 Å². The van der Waals surface area contributed by atoms with Crippen molar-refractivity contribution in [3.63, 3.8) is 0 Å². The van der Waals surface area contributed by atoms with E-state index in [1.165, 1.54) is 0 Å². The number of fused-ring (bicyclic) bond motifs is 1. The molecule has 0 atom stereocenters. The van der Waals surface area contributed by atoms with Crippen molar-refractivity contribution in [1.29, 1.82) is 0 Å². The molecule has 0 N–H and O–H groups in total. The molecule has 1 amide bonds. The molecule has 21 heavy (non-hydrogen) atoms. The minimum Gasteiger partial charge on any atom is -0.491 e. The molecule has 4 heteroatoms. The Kier molecular flexibility index (Phi) is 3.97. The highest BCUT2D eigenvalue weighted by Gasteiger charge is 2.22. The fourth-order valence-corrected chi connectivity index (χ4v) is 2.89. The zero-order valence-corrected chi connectivity index (χ0v) is 13.4. The highest BCUT2D eigenvalue weighted by atomic mass is 79.9. The Morgan fingerprint density at radius 1 is 1.24 bits per heavy atom. The van der Waals surface area contributed by atoms with E-state index >= 15 is 0 Å². The van der Waals surface area contributed by atoms with Crippen molar-refractivity contribution >= 4 is 21.8 Å². The Labute approximate surface area is 132 Å². The minimum atomic E-state index is 0.0332. The molecular formula is C17H16BrNO2. The van der Waals surface area contributed by atoms with Crippen molar-refractivity contribution in [3.05, 3.63) is 63.6 Å². The van der Waals surface area contributed by atoms with Crippen molar-refractivity contribution in [2.24, 2.45) is 0 Å². The highest BCUT2D eigenvalue weighted by molar-refractivity contribution is 9.10. The largest absolute Gasteiger partial charge is 0.491 e. The molecule has 0 aliphatic carbocycles. The molecule has 3 rings (SSSR count). The first kappa shape index (κ1) is 14.1. The molecule has 3 nitrogen and oxygen atoms in total. The number of benzene rings is 2. The first-order valence-corrected chi connectivity index (χ1v) is 7.70. The van der Waals surface area contributed by atoms with Gasteiger partial charge in [-0.1, -0.05) is 29.8 Å². The predicted octanol–water partition coefficient (Wildman–Crippen LogP) is 3.79. The van der Waals surface area contributed by atoms with E-state index in [9.17, 15) is 4.79 Å². The predicted molar refractivity (Wildman–Crippen MR) is 85.6 cm³/mol. The summed E-state index contributed by atoms with van der Waals surface area (Å²) in [5.41, 5.74) is 2.83. The quantitative estimate of drug-likeness (QED) is 0.786. The van der Waals surface area contributed by atoms with Crippen molar-refractivity contribution < 1.29 is 9.53 Å². The number of aryl methyl sites for hydroxylation is 1. The first-order valence-electron chi connectivity index (χ1n) is 6.91. The van der Waals surface area contributed by atoms with Crippen LogP contribution in [0.15, 0.2) is 46.9 Å². The number of para-hydroxylation sites is 1. The van der Waals surface area contributed by atoms with Crippen molar-refractivity contribution in [1.82, 2.24) is 4.90 Å². The van der Waals surface area contributed by atoms with Gasteiger partial charge in [-0.25, -0.2) is 0 Å². The third kappa shape index (κ3) is 2.95. The number of rotatable bonds is 1. The highest BCUT2D eigenvalue weighted by Crippen LogP contribution is 2.25. The van der Waals surface area contributed by atoms with Gasteiger partial charge in [0.05, 0.1) is 12.1 Å². The number of amides is 1. The zero-order valence-electron chi connectivity index (χ0n) is 11.8. The van der Waals surface area contributed by atoms with Gasteiger partial charge in [-0.3, -0.25) is 4.79 Å². The Morgan fingerprint density at radius 2 is 2.05 bits per heavy atom. The van der Waals surface area contributed by atoms with E-state index in [2.05, 4.69) is 15.9 Å². The molecule has 1 aliphatic heterocycles. The lowest BCUT2D eigenvalue weighted by molar-refractivity contribution is 0.0732. The normalized spacial score (nSPS) is 14.1. The third-order valence-electron chi connectivity index (χ3n) is 3.59. The maximum Gasteiger partial charge on any atom is 0.255 e. The SMILES string of the molecule is Cc1ccc(Br)c(C(=O)N2CCOc3ccccc3C2)c1. The number of halogens is 1. The van der Waals surface area contributed by atoms with Crippen LogP contribution in [0.3, 0.4) is 0 Å². The van der Waals surface area contributed by atoms with Crippen LogP contribution in [-0.4, -0.2) is 24.0 Å². The summed E-state index contributed by atoms with van der Waals surface area (Å²) in [4.78, 5) is 14.6. The van der Waals surface area contributed by atoms with Crippen LogP contribution in [0.5, 0.6) is 5.75 Å². The standard InChI is InChI=1S/C17H16BrNO2/c1-12-6-7-15(18)14(10-12)17(20)19-8-9-21-16-5-3-2-4-13(16)11-19/h2-7,10H,8-9,11H2,1H3. The molecule has 0 bridgehead atoms. The first-order chi connectivity index (χ1) is 10.1. The van der Waals surface area contributed by atoms with Crippen LogP contribution in [0.25, 0.3) is 0 Å². The fraction of sp³-hybridized carbons (Fsp3) is 0.235. The summed E-state index contributed by atoms with van der Waals surface area (Å²) in [5.74, 6) is 0.905. The molecule has 0 saturated heterocycles. The summed E-state index contributed by atoms with van der Waals surface area (Å²) in [7, 11) is 0. The van der Waals surface area contributed by atoms with Crippen LogP contribution < -0.4 is 4.74 Å². The van der Waals surface area contributed by atoms with E-state index in [-0.39, 0.29) is 5.91 Å². The smallest absolute Gasteiger partial charge is 0.255 e. The van der Waals surface area contributed by atoms with Gasteiger partial charge in [-0.15, -0.1) is 0 Å². The van der Waals surface area contributed by atoms with Gasteiger partial charge in [0.25, 0.3) is 5.91 Å². The molecule has 0 saturated carbocycles. The van der Waals surface area contributed by atoms with Crippen LogP contribution in [0.2, 0.25) is 0 Å². The van der Waals surface area contributed by atoms with E-state index in [1.807, 2.05) is 54.3 Å². The molecule has 1 heterocycles. The fourth-order valence-electron chi connectivity index (χ4n) is 2.47. The molecule has 0 radical (unpaired) electrons. The van der Waals surface area contributed by atoms with Gasteiger partial charge in [0.15, 0.2) is 0 Å². The summed E-state index contributed by atoms with van der Waals surface area (Å²) in [5, 5.41) is 0. The lowest BCUT2D eigenvalue weighted by atomic mass is 10.1. The summed E-state index contributed by atoms with van der Waals surface area (Å²) < 4.78 is 6.54. The van der Waals surface area contributed by atoms with Crippen LogP contribution in [0.1, 0.15) is 21.5 Å². The van der Waals surface area contributed by atoms with Gasteiger partial charge in [0, 0.05) is 16.6 Å². The van der Waals surface area contributed by atoms with E-state index in [1.54, 1.807) is 0 Å². The van der Waals surface area contributed by atoms with Gasteiger partial charge in [0.2, 0.25) is 0 Å². The van der Waals surface area contributed by atoms with Crippen LogP contribution in [0.4, 0.5) is 0 Å². The Balaban J connectivity index is 1.90. The molecule has 0 aromatic heterocycles. The van der Waals surface area contributed by atoms with Crippen LogP contribution >= 0.6 is 15.9 Å². The Hall–Kier alpha value is -1.81. The second-order valence-electron chi connectivity index (χ2n) is 5.17. The van der Waals surface area contributed by atoms with Gasteiger partial charge < -0.3 is 9.64 Å². The molecule has 0 spiro atoms. The van der Waals surface area contributed by atoms with Gasteiger partial charge in [0.1, 0.15) is 12.4 Å². The van der Waals surface area contributed by atoms with Crippen molar-refractivity contribution in [3.8, 4) is 5.75 Å². The molecule has 1 aliphatic rings. The molecule has 0 fully saturated rings. The summed E-state index contributed by atoms with van der Waals surface area (Å²) in [6.45, 7) is 3.68. The Morgan fingerprint density at radius 3 is 2.90 bits per heavy atom. The monoisotopic (exact) mass is 345 g/mol. The maximum atomic E-state index is 12.8.